The van der Waals surface area contributed by atoms with E-state index in [1.807, 2.05) is 36.4 Å². The number of rotatable bonds is 8. The van der Waals surface area contributed by atoms with Crippen LogP contribution in [0, 0.1) is 0 Å². The maximum Gasteiger partial charge on any atom is 0.271 e. The molecule has 1 amide bonds. The van der Waals surface area contributed by atoms with E-state index in [1.165, 1.54) is 7.11 Å². The maximum atomic E-state index is 11.6. The molecule has 2 rings (SSSR count). The van der Waals surface area contributed by atoms with Crippen LogP contribution in [0.2, 0.25) is 0 Å². The number of nitrogens with zero attached hydrogens (tertiary/aromatic N) is 1. The molecule has 1 aromatic carbocycles. The minimum atomic E-state index is -0.566. The molecule has 0 spiro atoms. The Labute approximate surface area is 142 Å². The van der Waals surface area contributed by atoms with Gasteiger partial charge in [0.25, 0.3) is 5.91 Å². The van der Waals surface area contributed by atoms with Crippen molar-refractivity contribution in [3.63, 3.8) is 0 Å². The van der Waals surface area contributed by atoms with Gasteiger partial charge in [0.1, 0.15) is 19.5 Å². The highest BCUT2D eigenvalue weighted by Gasteiger charge is 2.22. The molecule has 0 saturated carbocycles. The second kappa shape index (κ2) is 8.72. The van der Waals surface area contributed by atoms with Gasteiger partial charge in [-0.3, -0.25) is 4.79 Å². The van der Waals surface area contributed by atoms with Gasteiger partial charge in [0.2, 0.25) is 0 Å². The fraction of sp³-hybridized carbons (Fsp3) is 0.263. The van der Waals surface area contributed by atoms with E-state index in [9.17, 15) is 4.79 Å². The summed E-state index contributed by atoms with van der Waals surface area (Å²) in [6.45, 7) is 4.11. The molecule has 0 heterocycles. The van der Waals surface area contributed by atoms with Gasteiger partial charge in [0.05, 0.1) is 0 Å². The van der Waals surface area contributed by atoms with Crippen molar-refractivity contribution in [2.24, 2.45) is 10.9 Å². The second-order valence-electron chi connectivity index (χ2n) is 5.35. The largest absolute Gasteiger partial charge is 0.490 e. The number of oxime groups is 1. The van der Waals surface area contributed by atoms with Crippen LogP contribution in [0.3, 0.4) is 0 Å². The lowest BCUT2D eigenvalue weighted by Crippen LogP contribution is -2.25. The number of hydrogen-bond donors (Lipinski definition) is 1. The summed E-state index contributed by atoms with van der Waals surface area (Å²) < 4.78 is 5.46. The minimum Gasteiger partial charge on any atom is -0.490 e. The van der Waals surface area contributed by atoms with Crippen LogP contribution in [0.15, 0.2) is 59.3 Å². The van der Waals surface area contributed by atoms with Crippen molar-refractivity contribution in [3.8, 4) is 5.75 Å². The van der Waals surface area contributed by atoms with Crippen LogP contribution in [0.25, 0.3) is 6.08 Å². The molecule has 2 N–H and O–H groups in total. The van der Waals surface area contributed by atoms with Crippen LogP contribution < -0.4 is 10.5 Å². The Kier molecular flexibility index (Phi) is 6.37. The number of nitrogens with two attached hydrogens (primary N) is 1. The Morgan fingerprint density at radius 3 is 2.67 bits per heavy atom. The number of carbonyl (C=O) groups excluding carboxylic acids is 1. The molecular weight excluding hydrogens is 304 g/mol. The van der Waals surface area contributed by atoms with Crippen LogP contribution >= 0.6 is 0 Å². The van der Waals surface area contributed by atoms with Gasteiger partial charge in [-0.2, -0.15) is 0 Å². The Morgan fingerprint density at radius 1 is 1.29 bits per heavy atom. The Balaban J connectivity index is 2.17. The van der Waals surface area contributed by atoms with Crippen molar-refractivity contribution in [1.82, 2.24) is 0 Å². The Morgan fingerprint density at radius 2 is 2.04 bits per heavy atom. The molecule has 0 aliphatic heterocycles. The highest BCUT2D eigenvalue weighted by atomic mass is 16.6. The van der Waals surface area contributed by atoms with Gasteiger partial charge in [-0.05, 0) is 48.1 Å². The number of allylic oxidation sites excluding steroid dienone is 2. The van der Waals surface area contributed by atoms with Crippen LogP contribution in [-0.4, -0.2) is 25.3 Å². The SMILES string of the molecule is C=CCOc1ccc(/C=C/C2=C(C(=N\OC)/C(N)=O)CCC2)cc1. The smallest absolute Gasteiger partial charge is 0.271 e. The third-order valence-corrected chi connectivity index (χ3v) is 3.69. The summed E-state index contributed by atoms with van der Waals surface area (Å²) in [4.78, 5) is 16.3. The topological polar surface area (TPSA) is 73.9 Å². The molecule has 0 fully saturated rings. The van der Waals surface area contributed by atoms with Crippen LogP contribution in [0.5, 0.6) is 5.75 Å². The molecule has 5 nitrogen and oxygen atoms in total. The van der Waals surface area contributed by atoms with Gasteiger partial charge in [-0.15, -0.1) is 0 Å². The molecule has 0 atom stereocenters. The lowest BCUT2D eigenvalue weighted by molar-refractivity contribution is -0.112. The molecule has 1 aliphatic rings. The third kappa shape index (κ3) is 4.59. The molecule has 126 valence electrons. The molecule has 0 aromatic heterocycles. The summed E-state index contributed by atoms with van der Waals surface area (Å²) in [5, 5.41) is 3.78. The highest BCUT2D eigenvalue weighted by molar-refractivity contribution is 6.45. The number of amides is 1. The second-order valence-corrected chi connectivity index (χ2v) is 5.35. The number of carbonyl (C=O) groups is 1. The first-order valence-corrected chi connectivity index (χ1v) is 7.81. The van der Waals surface area contributed by atoms with Crippen LogP contribution in [0.4, 0.5) is 0 Å². The van der Waals surface area contributed by atoms with E-state index in [0.717, 1.165) is 41.7 Å². The molecule has 0 saturated heterocycles. The van der Waals surface area contributed by atoms with Gasteiger partial charge in [-0.1, -0.05) is 42.1 Å². The first-order chi connectivity index (χ1) is 11.7. The number of hydrogen-bond acceptors (Lipinski definition) is 4. The van der Waals surface area contributed by atoms with Crippen molar-refractivity contribution >= 4 is 17.7 Å². The first kappa shape index (κ1) is 17.5. The Bertz CT molecular complexity index is 685. The Hall–Kier alpha value is -2.82. The monoisotopic (exact) mass is 326 g/mol. The summed E-state index contributed by atoms with van der Waals surface area (Å²) in [6.07, 6.45) is 8.36. The van der Waals surface area contributed by atoms with Crippen molar-refractivity contribution in [2.45, 2.75) is 19.3 Å². The summed E-state index contributed by atoms with van der Waals surface area (Å²) in [5.74, 6) is 0.236. The van der Waals surface area contributed by atoms with Gasteiger partial charge in [0, 0.05) is 0 Å². The minimum absolute atomic E-state index is 0.211. The summed E-state index contributed by atoms with van der Waals surface area (Å²) >= 11 is 0. The quantitative estimate of drug-likeness (QED) is 0.453. The third-order valence-electron chi connectivity index (χ3n) is 3.69. The van der Waals surface area contributed by atoms with Gasteiger partial charge in [-0.25, -0.2) is 0 Å². The standard InChI is InChI=1S/C19H22N2O3/c1-3-13-24-16-11-8-14(9-12-16)7-10-15-5-4-6-17(15)18(19(20)22)21-23-2/h3,7-12H,1,4-6,13H2,2H3,(H2,20,22)/b10-7+,21-18+. The van der Waals surface area contributed by atoms with Crippen LogP contribution in [0.1, 0.15) is 24.8 Å². The summed E-state index contributed by atoms with van der Waals surface area (Å²) in [7, 11) is 1.41. The molecule has 1 aromatic rings. The van der Waals surface area contributed by atoms with Gasteiger partial charge >= 0.3 is 0 Å². The summed E-state index contributed by atoms with van der Waals surface area (Å²) in [6, 6.07) is 7.77. The lowest BCUT2D eigenvalue weighted by atomic mass is 10.0. The van der Waals surface area contributed by atoms with Crippen molar-refractivity contribution in [2.75, 3.05) is 13.7 Å². The zero-order chi connectivity index (χ0) is 17.4. The predicted octanol–water partition coefficient (Wildman–Crippen LogP) is 3.23. The van der Waals surface area contributed by atoms with Gasteiger partial charge in [0.15, 0.2) is 5.71 Å². The zero-order valence-electron chi connectivity index (χ0n) is 13.8. The maximum absolute atomic E-state index is 11.6. The molecule has 0 unspecified atom stereocenters. The van der Waals surface area contributed by atoms with E-state index in [1.54, 1.807) is 6.08 Å². The number of primary amides is 1. The van der Waals surface area contributed by atoms with Crippen LogP contribution in [-0.2, 0) is 9.63 Å². The van der Waals surface area contributed by atoms with E-state index in [4.69, 9.17) is 15.3 Å². The average Bonchev–Trinajstić information content (AvgIpc) is 3.04. The number of benzene rings is 1. The average molecular weight is 326 g/mol. The molecule has 1 aliphatic carbocycles. The normalized spacial score (nSPS) is 15.0. The van der Waals surface area contributed by atoms with E-state index >= 15 is 0 Å². The van der Waals surface area contributed by atoms with E-state index in [-0.39, 0.29) is 5.71 Å². The molecule has 0 radical (unpaired) electrons. The van der Waals surface area contributed by atoms with Crippen molar-refractivity contribution in [1.29, 1.82) is 0 Å². The zero-order valence-corrected chi connectivity index (χ0v) is 13.8. The molecular formula is C19H22N2O3. The highest BCUT2D eigenvalue weighted by Crippen LogP contribution is 2.29. The number of ether oxygens (including phenoxy) is 1. The predicted molar refractivity (Wildman–Crippen MR) is 95.7 cm³/mol. The molecule has 5 heteroatoms. The fourth-order valence-corrected chi connectivity index (χ4v) is 2.59. The van der Waals surface area contributed by atoms with Gasteiger partial charge < -0.3 is 15.3 Å². The van der Waals surface area contributed by atoms with Crippen molar-refractivity contribution in [3.05, 3.63) is 59.7 Å². The van der Waals surface area contributed by atoms with E-state index in [2.05, 4.69) is 11.7 Å². The first-order valence-electron chi connectivity index (χ1n) is 7.81. The molecule has 24 heavy (non-hydrogen) atoms. The molecule has 0 bridgehead atoms. The fourth-order valence-electron chi connectivity index (χ4n) is 2.59. The van der Waals surface area contributed by atoms with E-state index in [0.29, 0.717) is 6.61 Å². The lowest BCUT2D eigenvalue weighted by Gasteiger charge is -2.05. The summed E-state index contributed by atoms with van der Waals surface area (Å²) in [5.41, 5.74) is 8.59. The van der Waals surface area contributed by atoms with E-state index < -0.39 is 5.91 Å². The van der Waals surface area contributed by atoms with Crippen molar-refractivity contribution < 1.29 is 14.4 Å².